The van der Waals surface area contributed by atoms with E-state index in [2.05, 4.69) is 51.4 Å². The number of hydrogen-bond acceptors (Lipinski definition) is 2. The standard InChI is InChI=1S/C14H17BrN2O/c1-9(18)16-7-10-6-14(10)8-17(2)13-4-3-11(15)5-12(13)14/h3-5,10H,6-8H2,1-2H3,(H,16,18). The Hall–Kier alpha value is -1.03. The predicted molar refractivity (Wildman–Crippen MR) is 75.9 cm³/mol. The molecule has 0 bridgehead atoms. The molecule has 2 atom stereocenters. The first-order valence-corrected chi connectivity index (χ1v) is 7.08. The van der Waals surface area contributed by atoms with Gasteiger partial charge < -0.3 is 10.2 Å². The molecule has 1 N–H and O–H groups in total. The summed E-state index contributed by atoms with van der Waals surface area (Å²) in [5.41, 5.74) is 3.05. The fourth-order valence-corrected chi connectivity index (χ4v) is 3.63. The molecule has 0 saturated heterocycles. The van der Waals surface area contributed by atoms with E-state index in [4.69, 9.17) is 0 Å². The van der Waals surface area contributed by atoms with Crippen molar-refractivity contribution in [2.75, 3.05) is 25.0 Å². The summed E-state index contributed by atoms with van der Waals surface area (Å²) in [6.45, 7) is 3.46. The lowest BCUT2D eigenvalue weighted by Crippen LogP contribution is -2.27. The topological polar surface area (TPSA) is 32.3 Å². The van der Waals surface area contributed by atoms with Crippen LogP contribution in [0.1, 0.15) is 18.9 Å². The second-order valence-electron chi connectivity index (χ2n) is 5.51. The number of carbonyl (C=O) groups is 1. The molecular weight excluding hydrogens is 292 g/mol. The van der Waals surface area contributed by atoms with Crippen LogP contribution in [0, 0.1) is 5.92 Å². The largest absolute Gasteiger partial charge is 0.373 e. The Morgan fingerprint density at radius 1 is 1.61 bits per heavy atom. The summed E-state index contributed by atoms with van der Waals surface area (Å²) in [7, 11) is 2.15. The molecule has 1 aromatic rings. The van der Waals surface area contributed by atoms with E-state index >= 15 is 0 Å². The molecule has 1 aliphatic carbocycles. The molecule has 96 valence electrons. The molecule has 1 spiro atoms. The fourth-order valence-electron chi connectivity index (χ4n) is 3.27. The lowest BCUT2D eigenvalue weighted by molar-refractivity contribution is -0.119. The average Bonchev–Trinajstić information content (AvgIpc) is 2.93. The van der Waals surface area contributed by atoms with Gasteiger partial charge in [-0.15, -0.1) is 0 Å². The zero-order valence-electron chi connectivity index (χ0n) is 10.7. The van der Waals surface area contributed by atoms with Gasteiger partial charge in [0.15, 0.2) is 0 Å². The molecule has 2 aliphatic rings. The summed E-state index contributed by atoms with van der Waals surface area (Å²) in [6.07, 6.45) is 1.18. The minimum Gasteiger partial charge on any atom is -0.373 e. The predicted octanol–water partition coefficient (Wildman–Crippen LogP) is 2.29. The van der Waals surface area contributed by atoms with Crippen LogP contribution in [0.25, 0.3) is 0 Å². The van der Waals surface area contributed by atoms with E-state index in [1.54, 1.807) is 6.92 Å². The molecule has 0 radical (unpaired) electrons. The molecule has 0 aromatic heterocycles. The maximum atomic E-state index is 11.0. The van der Waals surface area contributed by atoms with Crippen molar-refractivity contribution in [3.8, 4) is 0 Å². The first kappa shape index (κ1) is 12.0. The van der Waals surface area contributed by atoms with Gasteiger partial charge in [0.2, 0.25) is 5.91 Å². The van der Waals surface area contributed by atoms with Crippen LogP contribution in [0.3, 0.4) is 0 Å². The van der Waals surface area contributed by atoms with Crippen molar-refractivity contribution >= 4 is 27.5 Å². The molecule has 18 heavy (non-hydrogen) atoms. The van der Waals surface area contributed by atoms with Crippen molar-refractivity contribution in [2.45, 2.75) is 18.8 Å². The Bertz CT molecular complexity index is 517. The number of carbonyl (C=O) groups excluding carboxylic acids is 1. The summed E-state index contributed by atoms with van der Waals surface area (Å²) in [6, 6.07) is 6.52. The van der Waals surface area contributed by atoms with Gasteiger partial charge in [-0.05, 0) is 36.1 Å². The molecule has 1 fully saturated rings. The lowest BCUT2D eigenvalue weighted by Gasteiger charge is -2.13. The first-order chi connectivity index (χ1) is 8.53. The van der Waals surface area contributed by atoms with E-state index in [0.29, 0.717) is 5.92 Å². The normalized spacial score (nSPS) is 28.4. The minimum atomic E-state index is 0.0675. The molecule has 1 heterocycles. The van der Waals surface area contributed by atoms with Crippen LogP contribution in [-0.4, -0.2) is 26.0 Å². The van der Waals surface area contributed by atoms with Crippen LogP contribution in [0.15, 0.2) is 22.7 Å². The van der Waals surface area contributed by atoms with Crippen molar-refractivity contribution in [1.82, 2.24) is 5.32 Å². The van der Waals surface area contributed by atoms with Gasteiger partial charge in [0.05, 0.1) is 0 Å². The monoisotopic (exact) mass is 308 g/mol. The number of rotatable bonds is 2. The van der Waals surface area contributed by atoms with Gasteiger partial charge in [-0.3, -0.25) is 4.79 Å². The summed E-state index contributed by atoms with van der Waals surface area (Å²) < 4.78 is 1.14. The summed E-state index contributed by atoms with van der Waals surface area (Å²) in [4.78, 5) is 13.3. The number of amides is 1. The molecule has 1 amide bonds. The minimum absolute atomic E-state index is 0.0675. The van der Waals surface area contributed by atoms with Crippen LogP contribution < -0.4 is 10.2 Å². The lowest BCUT2D eigenvalue weighted by atomic mass is 9.95. The van der Waals surface area contributed by atoms with Crippen molar-refractivity contribution in [2.24, 2.45) is 5.92 Å². The number of nitrogens with one attached hydrogen (secondary N) is 1. The van der Waals surface area contributed by atoms with Crippen LogP contribution in [0.2, 0.25) is 0 Å². The molecule has 3 nitrogen and oxygen atoms in total. The summed E-state index contributed by atoms with van der Waals surface area (Å²) in [5.74, 6) is 0.650. The molecule has 4 heteroatoms. The van der Waals surface area contributed by atoms with Crippen molar-refractivity contribution in [3.05, 3.63) is 28.2 Å². The van der Waals surface area contributed by atoms with Crippen LogP contribution in [0.4, 0.5) is 5.69 Å². The first-order valence-electron chi connectivity index (χ1n) is 6.28. The summed E-state index contributed by atoms with van der Waals surface area (Å²) >= 11 is 3.56. The second kappa shape index (κ2) is 3.98. The maximum absolute atomic E-state index is 11.0. The third-order valence-electron chi connectivity index (χ3n) is 4.25. The Morgan fingerprint density at radius 2 is 2.39 bits per heavy atom. The molecular formula is C14H17BrN2O. The van der Waals surface area contributed by atoms with Gasteiger partial charge in [-0.25, -0.2) is 0 Å². The second-order valence-corrected chi connectivity index (χ2v) is 6.43. The number of fused-ring (bicyclic) bond motifs is 2. The highest BCUT2D eigenvalue weighted by molar-refractivity contribution is 9.10. The van der Waals surface area contributed by atoms with Crippen molar-refractivity contribution in [1.29, 1.82) is 0 Å². The van der Waals surface area contributed by atoms with Gasteiger partial charge in [0.1, 0.15) is 0 Å². The van der Waals surface area contributed by atoms with Crippen molar-refractivity contribution < 1.29 is 4.79 Å². The Morgan fingerprint density at radius 3 is 3.11 bits per heavy atom. The van der Waals surface area contributed by atoms with E-state index in [0.717, 1.165) is 17.6 Å². The number of nitrogens with zero attached hydrogens (tertiary/aromatic N) is 1. The quantitative estimate of drug-likeness (QED) is 0.909. The smallest absolute Gasteiger partial charge is 0.216 e. The number of anilines is 1. The number of halogens is 1. The summed E-state index contributed by atoms with van der Waals surface area (Å²) in [5, 5.41) is 2.95. The molecule has 2 unspecified atom stereocenters. The molecule has 1 saturated carbocycles. The Kier molecular flexibility index (Phi) is 2.66. The number of hydrogen-bond donors (Lipinski definition) is 1. The fraction of sp³-hybridized carbons (Fsp3) is 0.500. The SMILES string of the molecule is CC(=O)NCC1CC12CN(C)c1ccc(Br)cc12. The van der Waals surface area contributed by atoms with E-state index < -0.39 is 0 Å². The maximum Gasteiger partial charge on any atom is 0.216 e. The number of benzene rings is 1. The van der Waals surface area contributed by atoms with Gasteiger partial charge in [-0.1, -0.05) is 15.9 Å². The van der Waals surface area contributed by atoms with Gasteiger partial charge >= 0.3 is 0 Å². The Labute approximate surface area is 116 Å². The highest BCUT2D eigenvalue weighted by Gasteiger charge is 2.59. The average molecular weight is 309 g/mol. The molecule has 1 aliphatic heterocycles. The van der Waals surface area contributed by atoms with Crippen LogP contribution >= 0.6 is 15.9 Å². The van der Waals surface area contributed by atoms with Gasteiger partial charge in [0, 0.05) is 42.6 Å². The molecule has 1 aromatic carbocycles. The zero-order chi connectivity index (χ0) is 12.9. The van der Waals surface area contributed by atoms with Crippen LogP contribution in [-0.2, 0) is 10.2 Å². The van der Waals surface area contributed by atoms with Crippen LogP contribution in [0.5, 0.6) is 0 Å². The van der Waals surface area contributed by atoms with E-state index in [1.807, 2.05) is 0 Å². The van der Waals surface area contributed by atoms with E-state index in [1.165, 1.54) is 17.7 Å². The Balaban J connectivity index is 1.85. The number of likely N-dealkylation sites (N-methyl/N-ethyl adjacent to an activating group) is 1. The highest BCUT2D eigenvalue weighted by atomic mass is 79.9. The van der Waals surface area contributed by atoms with E-state index in [-0.39, 0.29) is 11.3 Å². The molecule has 3 rings (SSSR count). The van der Waals surface area contributed by atoms with E-state index in [9.17, 15) is 4.79 Å². The zero-order valence-corrected chi connectivity index (χ0v) is 12.3. The highest BCUT2D eigenvalue weighted by Crippen LogP contribution is 2.60. The third-order valence-corrected chi connectivity index (χ3v) is 4.75. The van der Waals surface area contributed by atoms with Gasteiger partial charge in [0.25, 0.3) is 0 Å². The third kappa shape index (κ3) is 1.74. The van der Waals surface area contributed by atoms with Crippen molar-refractivity contribution in [3.63, 3.8) is 0 Å². The van der Waals surface area contributed by atoms with Gasteiger partial charge in [-0.2, -0.15) is 0 Å².